The summed E-state index contributed by atoms with van der Waals surface area (Å²) in [6.07, 6.45) is 0. The predicted molar refractivity (Wildman–Crippen MR) is 42.7 cm³/mol. The molecule has 0 aliphatic carbocycles. The third kappa shape index (κ3) is 3.98. The third-order valence-corrected chi connectivity index (χ3v) is 1.64. The molecule has 0 N–H and O–H groups in total. The van der Waals surface area contributed by atoms with Gasteiger partial charge in [0, 0.05) is 12.1 Å². The molecule has 0 aromatic rings. The zero-order valence-electron chi connectivity index (χ0n) is 7.63. The van der Waals surface area contributed by atoms with Crippen molar-refractivity contribution in [3.8, 4) is 0 Å². The largest absolute Gasteiger partial charge is 0.369 e. The quantitative estimate of drug-likeness (QED) is 0.613. The van der Waals surface area contributed by atoms with Crippen LogP contribution in [0.1, 0.15) is 27.7 Å². The molecule has 0 aliphatic rings. The van der Waals surface area contributed by atoms with Crippen LogP contribution in [-0.4, -0.2) is 29.5 Å². The summed E-state index contributed by atoms with van der Waals surface area (Å²) >= 11 is 0. The van der Waals surface area contributed by atoms with Gasteiger partial charge in [0.15, 0.2) is 0 Å². The van der Waals surface area contributed by atoms with Crippen molar-refractivity contribution in [2.75, 3.05) is 6.54 Å². The first kappa shape index (κ1) is 10.4. The third-order valence-electron chi connectivity index (χ3n) is 1.64. The Bertz CT molecular complexity index is 124. The van der Waals surface area contributed by atoms with E-state index in [1.807, 2.05) is 32.6 Å². The van der Waals surface area contributed by atoms with E-state index in [9.17, 15) is 9.90 Å². The highest BCUT2D eigenvalue weighted by Crippen LogP contribution is 2.03. The minimum Gasteiger partial charge on any atom is -0.288 e. The maximum absolute atomic E-state index is 10.3. The van der Waals surface area contributed by atoms with Crippen LogP contribution in [0.3, 0.4) is 0 Å². The van der Waals surface area contributed by atoms with Crippen LogP contribution in [-0.2, 0) is 9.90 Å². The predicted octanol–water partition coefficient (Wildman–Crippen LogP) is 1.06. The van der Waals surface area contributed by atoms with Gasteiger partial charge in [-0.15, -0.1) is 0 Å². The number of nitrogens with zero attached hydrogens (tertiary/aromatic N) is 1. The first-order chi connectivity index (χ1) is 4.95. The highest BCUT2D eigenvalue weighted by Gasteiger charge is 2.16. The van der Waals surface area contributed by atoms with Crippen LogP contribution in [0.5, 0.6) is 0 Å². The molecule has 0 fully saturated rings. The minimum atomic E-state index is -1.01. The van der Waals surface area contributed by atoms with Gasteiger partial charge in [-0.2, -0.15) is 0 Å². The second-order valence-corrected chi connectivity index (χ2v) is 3.23. The van der Waals surface area contributed by atoms with Gasteiger partial charge in [-0.05, 0) is 27.7 Å². The fourth-order valence-electron chi connectivity index (χ4n) is 1.11. The molecular weight excluding hydrogens is 142 g/mol. The van der Waals surface area contributed by atoms with E-state index in [4.69, 9.17) is 0 Å². The molecule has 1 radical (unpaired) electrons. The van der Waals surface area contributed by atoms with E-state index in [0.29, 0.717) is 0 Å². The van der Waals surface area contributed by atoms with Crippen molar-refractivity contribution in [2.45, 2.75) is 39.8 Å². The second-order valence-electron chi connectivity index (χ2n) is 3.23. The summed E-state index contributed by atoms with van der Waals surface area (Å²) in [5, 5.41) is 10.3. The lowest BCUT2D eigenvalue weighted by molar-refractivity contribution is -0.145. The Morgan fingerprint density at radius 3 is 1.64 bits per heavy atom. The molecule has 0 spiro atoms. The maximum atomic E-state index is 10.3. The van der Waals surface area contributed by atoms with Crippen molar-refractivity contribution in [3.63, 3.8) is 0 Å². The Hall–Kier alpha value is -0.570. The maximum Gasteiger partial charge on any atom is 0.369 e. The first-order valence-corrected chi connectivity index (χ1v) is 3.90. The van der Waals surface area contributed by atoms with Crippen molar-refractivity contribution in [2.24, 2.45) is 0 Å². The molecule has 0 aliphatic heterocycles. The monoisotopic (exact) mass is 158 g/mol. The van der Waals surface area contributed by atoms with Crippen LogP contribution in [0.15, 0.2) is 0 Å². The molecule has 3 heteroatoms. The van der Waals surface area contributed by atoms with Crippen molar-refractivity contribution < 1.29 is 9.90 Å². The van der Waals surface area contributed by atoms with E-state index in [2.05, 4.69) is 0 Å². The number of hydrogen-bond donors (Lipinski definition) is 0. The van der Waals surface area contributed by atoms with Gasteiger partial charge in [-0.3, -0.25) is 4.90 Å². The normalized spacial score (nSPS) is 11.5. The number of carbonyl (C=O) groups excluding carboxylic acids is 1. The van der Waals surface area contributed by atoms with Crippen LogP contribution in [0, 0.1) is 0 Å². The SMILES string of the molecule is CC(C)N(CC([O])=O)C(C)C. The Labute approximate surface area is 68.0 Å². The second kappa shape index (κ2) is 4.34. The fourth-order valence-corrected chi connectivity index (χ4v) is 1.11. The van der Waals surface area contributed by atoms with Gasteiger partial charge >= 0.3 is 5.97 Å². The summed E-state index contributed by atoms with van der Waals surface area (Å²) in [6, 6.07) is 0.515. The number of carbonyl (C=O) groups is 1. The first-order valence-electron chi connectivity index (χ1n) is 3.90. The molecule has 0 saturated heterocycles. The zero-order valence-corrected chi connectivity index (χ0v) is 7.63. The summed E-state index contributed by atoms with van der Waals surface area (Å²) in [7, 11) is 0. The fraction of sp³-hybridized carbons (Fsp3) is 0.875. The van der Waals surface area contributed by atoms with Gasteiger partial charge in [-0.1, -0.05) is 0 Å². The molecule has 0 aromatic heterocycles. The molecule has 0 bridgehead atoms. The molecule has 0 amide bonds. The molecule has 0 heterocycles. The van der Waals surface area contributed by atoms with E-state index >= 15 is 0 Å². The van der Waals surface area contributed by atoms with E-state index in [1.165, 1.54) is 0 Å². The summed E-state index contributed by atoms with van der Waals surface area (Å²) in [5.41, 5.74) is 0. The average Bonchev–Trinajstić information content (AvgIpc) is 1.81. The molecule has 0 unspecified atom stereocenters. The van der Waals surface area contributed by atoms with E-state index in [-0.39, 0.29) is 18.6 Å². The molecule has 0 atom stereocenters. The Morgan fingerprint density at radius 1 is 1.18 bits per heavy atom. The van der Waals surface area contributed by atoms with Crippen LogP contribution < -0.4 is 0 Å². The summed E-state index contributed by atoms with van der Waals surface area (Å²) in [5.74, 6) is -1.01. The van der Waals surface area contributed by atoms with Crippen LogP contribution >= 0.6 is 0 Å². The van der Waals surface area contributed by atoms with Crippen molar-refractivity contribution >= 4 is 5.97 Å². The molecule has 11 heavy (non-hydrogen) atoms. The van der Waals surface area contributed by atoms with Crippen molar-refractivity contribution in [1.82, 2.24) is 4.90 Å². The van der Waals surface area contributed by atoms with Crippen LogP contribution in [0.2, 0.25) is 0 Å². The van der Waals surface area contributed by atoms with Crippen molar-refractivity contribution in [3.05, 3.63) is 0 Å². The highest BCUT2D eigenvalue weighted by atomic mass is 16.4. The summed E-state index contributed by atoms with van der Waals surface area (Å²) in [4.78, 5) is 12.1. The Morgan fingerprint density at radius 2 is 1.55 bits per heavy atom. The van der Waals surface area contributed by atoms with Crippen molar-refractivity contribution in [1.29, 1.82) is 0 Å². The number of hydrogen-bond acceptors (Lipinski definition) is 2. The minimum absolute atomic E-state index is 0.0231. The zero-order chi connectivity index (χ0) is 9.02. The smallest absolute Gasteiger partial charge is 0.288 e. The van der Waals surface area contributed by atoms with Gasteiger partial charge in [0.05, 0.1) is 0 Å². The summed E-state index contributed by atoms with van der Waals surface area (Å²) < 4.78 is 0. The number of rotatable bonds is 4. The van der Waals surface area contributed by atoms with E-state index < -0.39 is 5.97 Å². The molecule has 0 saturated carbocycles. The molecule has 3 nitrogen and oxygen atoms in total. The Balaban J connectivity index is 4.00. The van der Waals surface area contributed by atoms with Crippen LogP contribution in [0.25, 0.3) is 0 Å². The highest BCUT2D eigenvalue weighted by molar-refractivity contribution is 5.68. The standard InChI is InChI=1S/C8H16NO2/c1-6(2)9(7(3)4)5-8(10)11/h6-7H,5H2,1-4H3. The lowest BCUT2D eigenvalue weighted by atomic mass is 10.2. The molecule has 0 aromatic carbocycles. The van der Waals surface area contributed by atoms with Gasteiger partial charge in [0.2, 0.25) is 0 Å². The average molecular weight is 158 g/mol. The molecule has 65 valence electrons. The van der Waals surface area contributed by atoms with Gasteiger partial charge < -0.3 is 0 Å². The topological polar surface area (TPSA) is 40.2 Å². The van der Waals surface area contributed by atoms with Gasteiger partial charge in [-0.25, -0.2) is 9.90 Å². The van der Waals surface area contributed by atoms with E-state index in [0.717, 1.165) is 0 Å². The van der Waals surface area contributed by atoms with Crippen LogP contribution in [0.4, 0.5) is 0 Å². The lowest BCUT2D eigenvalue weighted by Crippen LogP contribution is -2.40. The van der Waals surface area contributed by atoms with Gasteiger partial charge in [0.1, 0.15) is 6.54 Å². The summed E-state index contributed by atoms with van der Waals surface area (Å²) in [6.45, 7) is 7.92. The lowest BCUT2D eigenvalue weighted by Gasteiger charge is -2.27. The Kier molecular flexibility index (Phi) is 4.11. The molecular formula is C8H16NO2. The molecule has 0 rings (SSSR count). The van der Waals surface area contributed by atoms with Gasteiger partial charge in [0.25, 0.3) is 0 Å². The van der Waals surface area contributed by atoms with E-state index in [1.54, 1.807) is 0 Å².